The normalized spacial score (nSPS) is 12.1. The lowest BCUT2D eigenvalue weighted by atomic mass is 10.0. The monoisotopic (exact) mass is 480 g/mol. The van der Waals surface area contributed by atoms with Crippen LogP contribution in [0.5, 0.6) is 0 Å². The predicted molar refractivity (Wildman–Crippen MR) is 130 cm³/mol. The molecule has 4 N–H and O–H groups in total. The highest BCUT2D eigenvalue weighted by Gasteiger charge is 2.19. The number of pyridine rings is 1. The van der Waals surface area contributed by atoms with E-state index in [4.69, 9.17) is 5.73 Å². The van der Waals surface area contributed by atoms with E-state index in [1.54, 1.807) is 30.3 Å². The summed E-state index contributed by atoms with van der Waals surface area (Å²) in [5, 5.41) is 11.8. The van der Waals surface area contributed by atoms with E-state index in [0.29, 0.717) is 22.6 Å². The molecular weight excluding hydrogens is 455 g/mol. The Morgan fingerprint density at radius 3 is 2.50 bits per heavy atom. The number of fused-ring (bicyclic) bond motifs is 1. The third-order valence-corrected chi connectivity index (χ3v) is 6.18. The first-order chi connectivity index (χ1) is 16.2. The summed E-state index contributed by atoms with van der Waals surface area (Å²) < 4.78 is 14.7. The van der Waals surface area contributed by atoms with Crippen LogP contribution in [0, 0.1) is 5.82 Å². The van der Waals surface area contributed by atoms with Crippen LogP contribution in [0.1, 0.15) is 59.0 Å². The van der Waals surface area contributed by atoms with E-state index in [2.05, 4.69) is 20.7 Å². The number of hydrogen-bond acceptors (Lipinski definition) is 6. The molecule has 2 amide bonds. The van der Waals surface area contributed by atoms with Crippen LogP contribution in [0.15, 0.2) is 47.8 Å². The Kier molecular flexibility index (Phi) is 6.60. The lowest BCUT2D eigenvalue weighted by Crippen LogP contribution is -2.31. The van der Waals surface area contributed by atoms with Gasteiger partial charge in [0, 0.05) is 6.04 Å². The molecule has 0 saturated carbocycles. The minimum atomic E-state index is -0.319. The van der Waals surface area contributed by atoms with Gasteiger partial charge in [0.05, 0.1) is 10.9 Å². The van der Waals surface area contributed by atoms with Crippen molar-refractivity contribution in [2.75, 3.05) is 5.73 Å². The molecule has 176 valence electrons. The maximum absolute atomic E-state index is 13.3. The molecule has 0 bridgehead atoms. The lowest BCUT2D eigenvalue weighted by molar-refractivity contribution is 0.0929. The van der Waals surface area contributed by atoms with Crippen LogP contribution < -0.4 is 16.4 Å². The van der Waals surface area contributed by atoms with Crippen molar-refractivity contribution in [3.63, 3.8) is 0 Å². The second kappa shape index (κ2) is 9.60. The van der Waals surface area contributed by atoms with Crippen molar-refractivity contribution in [1.82, 2.24) is 25.2 Å². The number of nitrogens with zero attached hydrogens (tertiary/aromatic N) is 3. The zero-order valence-corrected chi connectivity index (χ0v) is 19.8. The van der Waals surface area contributed by atoms with Gasteiger partial charge in [0.2, 0.25) is 5.95 Å². The molecule has 0 unspecified atom stereocenters. The van der Waals surface area contributed by atoms with Crippen molar-refractivity contribution < 1.29 is 14.0 Å². The fraction of sp³-hybridized carbons (Fsp3) is 0.250. The van der Waals surface area contributed by atoms with E-state index in [1.165, 1.54) is 28.0 Å². The molecule has 3 heterocycles. The van der Waals surface area contributed by atoms with Crippen molar-refractivity contribution in [3.05, 3.63) is 69.8 Å². The molecule has 0 aliphatic heterocycles. The molecule has 0 aliphatic carbocycles. The highest BCUT2D eigenvalue weighted by Crippen LogP contribution is 2.28. The van der Waals surface area contributed by atoms with Crippen LogP contribution in [0.25, 0.3) is 16.8 Å². The van der Waals surface area contributed by atoms with E-state index in [9.17, 15) is 14.0 Å². The SMILES string of the molecule is CC[C@H](NC(=O)c1cc(-c2cc(C(=O)NC(C)C)n3nc(N)nc3c2)cs1)c1ccc(F)cc1. The summed E-state index contributed by atoms with van der Waals surface area (Å²) in [6, 6.07) is 11.1. The van der Waals surface area contributed by atoms with Crippen LogP contribution in [-0.2, 0) is 0 Å². The first-order valence-electron chi connectivity index (χ1n) is 10.9. The minimum absolute atomic E-state index is 0.0591. The summed E-state index contributed by atoms with van der Waals surface area (Å²) in [6.07, 6.45) is 0.662. The number of nitrogen functional groups attached to an aromatic ring is 1. The molecule has 1 atom stereocenters. The molecule has 0 radical (unpaired) electrons. The maximum atomic E-state index is 13.3. The molecule has 0 fully saturated rings. The first kappa shape index (κ1) is 23.4. The Bertz CT molecular complexity index is 1350. The maximum Gasteiger partial charge on any atom is 0.270 e. The Labute approximate surface area is 200 Å². The number of rotatable bonds is 7. The number of hydrogen-bond donors (Lipinski definition) is 3. The van der Waals surface area contributed by atoms with E-state index in [1.807, 2.05) is 26.2 Å². The van der Waals surface area contributed by atoms with Crippen molar-refractivity contribution in [2.45, 2.75) is 39.3 Å². The highest BCUT2D eigenvalue weighted by molar-refractivity contribution is 7.12. The van der Waals surface area contributed by atoms with Gasteiger partial charge in [0.1, 0.15) is 11.5 Å². The number of nitrogens with one attached hydrogen (secondary N) is 2. The van der Waals surface area contributed by atoms with Gasteiger partial charge in [0.25, 0.3) is 11.8 Å². The second-order valence-electron chi connectivity index (χ2n) is 8.18. The minimum Gasteiger partial charge on any atom is -0.366 e. The number of carbonyl (C=O) groups excluding carboxylic acids is 2. The first-order valence-corrected chi connectivity index (χ1v) is 11.8. The lowest BCUT2D eigenvalue weighted by Gasteiger charge is -2.17. The number of nitrogens with two attached hydrogens (primary N) is 1. The number of aromatic nitrogens is 3. The van der Waals surface area contributed by atoms with Gasteiger partial charge in [0.15, 0.2) is 5.65 Å². The highest BCUT2D eigenvalue weighted by atomic mass is 32.1. The fourth-order valence-corrected chi connectivity index (χ4v) is 4.44. The number of amides is 2. The van der Waals surface area contributed by atoms with Gasteiger partial charge in [-0.1, -0.05) is 19.1 Å². The average molecular weight is 481 g/mol. The molecule has 34 heavy (non-hydrogen) atoms. The van der Waals surface area contributed by atoms with Crippen LogP contribution >= 0.6 is 11.3 Å². The van der Waals surface area contributed by atoms with E-state index in [-0.39, 0.29) is 35.7 Å². The largest absolute Gasteiger partial charge is 0.366 e. The van der Waals surface area contributed by atoms with Gasteiger partial charge in [-0.2, -0.15) is 4.98 Å². The molecule has 3 aromatic heterocycles. The molecule has 0 aliphatic rings. The fourth-order valence-electron chi connectivity index (χ4n) is 3.62. The molecular formula is C24H25FN6O2S. The van der Waals surface area contributed by atoms with Gasteiger partial charge in [-0.05, 0) is 72.7 Å². The van der Waals surface area contributed by atoms with Crippen molar-refractivity contribution in [3.8, 4) is 11.1 Å². The molecule has 0 saturated heterocycles. The Morgan fingerprint density at radius 2 is 1.82 bits per heavy atom. The van der Waals surface area contributed by atoms with Gasteiger partial charge in [-0.25, -0.2) is 8.91 Å². The van der Waals surface area contributed by atoms with E-state index < -0.39 is 0 Å². The zero-order valence-electron chi connectivity index (χ0n) is 19.0. The summed E-state index contributed by atoms with van der Waals surface area (Å²) in [5.74, 6) is -0.781. The Balaban J connectivity index is 1.62. The topological polar surface area (TPSA) is 114 Å². The van der Waals surface area contributed by atoms with Gasteiger partial charge >= 0.3 is 0 Å². The van der Waals surface area contributed by atoms with E-state index in [0.717, 1.165) is 16.7 Å². The summed E-state index contributed by atoms with van der Waals surface area (Å²) in [7, 11) is 0. The number of anilines is 1. The van der Waals surface area contributed by atoms with Crippen LogP contribution in [0.4, 0.5) is 10.3 Å². The molecule has 4 rings (SSSR count). The van der Waals surface area contributed by atoms with Gasteiger partial charge in [-0.15, -0.1) is 16.4 Å². The predicted octanol–water partition coefficient (Wildman–Crippen LogP) is 4.20. The molecule has 10 heteroatoms. The Morgan fingerprint density at radius 1 is 1.09 bits per heavy atom. The van der Waals surface area contributed by atoms with Crippen molar-refractivity contribution >= 4 is 34.7 Å². The third-order valence-electron chi connectivity index (χ3n) is 5.25. The number of thiophene rings is 1. The number of benzene rings is 1. The van der Waals surface area contributed by atoms with Crippen molar-refractivity contribution in [1.29, 1.82) is 0 Å². The van der Waals surface area contributed by atoms with Crippen LogP contribution in [-0.4, -0.2) is 32.5 Å². The zero-order chi connectivity index (χ0) is 24.4. The summed E-state index contributed by atoms with van der Waals surface area (Å²) in [4.78, 5) is 30.4. The molecule has 4 aromatic rings. The summed E-state index contributed by atoms with van der Waals surface area (Å²) >= 11 is 1.30. The van der Waals surface area contributed by atoms with Crippen molar-refractivity contribution in [2.24, 2.45) is 0 Å². The van der Waals surface area contributed by atoms with E-state index >= 15 is 0 Å². The molecule has 8 nitrogen and oxygen atoms in total. The number of halogens is 1. The summed E-state index contributed by atoms with van der Waals surface area (Å²) in [5.41, 5.74) is 8.82. The molecule has 0 spiro atoms. The number of carbonyl (C=O) groups is 2. The standard InChI is InChI=1S/C24H25FN6O2S/c1-4-18(14-5-7-17(25)8-6-14)28-23(33)20-10-16(12-34-20)15-9-19(22(32)27-13(2)3)31-21(11-15)29-24(26)30-31/h5-13,18H,4H2,1-3H3,(H2,26,30)(H,27,32)(H,28,33)/t18-/m0/s1. The summed E-state index contributed by atoms with van der Waals surface area (Å²) in [6.45, 7) is 5.69. The third kappa shape index (κ3) is 4.91. The van der Waals surface area contributed by atoms with Gasteiger partial charge < -0.3 is 16.4 Å². The Hall–Kier alpha value is -3.79. The van der Waals surface area contributed by atoms with Crippen LogP contribution in [0.3, 0.4) is 0 Å². The quantitative estimate of drug-likeness (QED) is 0.367. The average Bonchev–Trinajstić information content (AvgIpc) is 3.43. The molecule has 1 aromatic carbocycles. The van der Waals surface area contributed by atoms with Crippen LogP contribution in [0.2, 0.25) is 0 Å². The smallest absolute Gasteiger partial charge is 0.270 e. The second-order valence-corrected chi connectivity index (χ2v) is 9.09. The van der Waals surface area contributed by atoms with Gasteiger partial charge in [-0.3, -0.25) is 9.59 Å².